The highest BCUT2D eigenvalue weighted by Crippen LogP contribution is 2.44. The molecule has 26 heavy (non-hydrogen) atoms. The van der Waals surface area contributed by atoms with Gasteiger partial charge in [-0.05, 0) is 42.5 Å². The molecule has 0 saturated heterocycles. The van der Waals surface area contributed by atoms with E-state index < -0.39 is 5.97 Å². The van der Waals surface area contributed by atoms with Crippen LogP contribution in [0, 0.1) is 5.92 Å². The summed E-state index contributed by atoms with van der Waals surface area (Å²) in [5.41, 5.74) is 3.04. The van der Waals surface area contributed by atoms with Crippen molar-refractivity contribution < 1.29 is 14.7 Å². The summed E-state index contributed by atoms with van der Waals surface area (Å²) < 4.78 is 0. The molecule has 1 saturated carbocycles. The Morgan fingerprint density at radius 1 is 1.04 bits per heavy atom. The third-order valence-electron chi connectivity index (χ3n) is 5.34. The molecule has 1 fully saturated rings. The second-order valence-corrected chi connectivity index (χ2v) is 7.13. The van der Waals surface area contributed by atoms with Crippen LogP contribution in [0.1, 0.15) is 35.7 Å². The summed E-state index contributed by atoms with van der Waals surface area (Å²) in [5, 5.41) is 9.48. The fraction of sp³-hybridized carbons (Fsp3) is 0.333. The third kappa shape index (κ3) is 2.94. The number of aromatic carboxylic acids is 1. The zero-order chi connectivity index (χ0) is 18.3. The molecule has 0 unspecified atom stereocenters. The summed E-state index contributed by atoms with van der Waals surface area (Å²) >= 11 is 0. The van der Waals surface area contributed by atoms with Crippen LogP contribution in [0.25, 0.3) is 0 Å². The molecule has 134 valence electrons. The van der Waals surface area contributed by atoms with Crippen molar-refractivity contribution >= 4 is 23.3 Å². The molecule has 0 aromatic heterocycles. The van der Waals surface area contributed by atoms with Crippen molar-refractivity contribution in [3.63, 3.8) is 0 Å². The lowest BCUT2D eigenvalue weighted by atomic mass is 10.0. The van der Waals surface area contributed by atoms with Crippen LogP contribution in [-0.4, -0.2) is 29.6 Å². The van der Waals surface area contributed by atoms with Crippen LogP contribution in [-0.2, 0) is 11.3 Å². The van der Waals surface area contributed by atoms with E-state index >= 15 is 0 Å². The van der Waals surface area contributed by atoms with Gasteiger partial charge in [-0.2, -0.15) is 0 Å². The fourth-order valence-corrected chi connectivity index (χ4v) is 3.99. The van der Waals surface area contributed by atoms with Crippen LogP contribution in [0.5, 0.6) is 0 Å². The van der Waals surface area contributed by atoms with Crippen LogP contribution >= 0.6 is 0 Å². The average Bonchev–Trinajstić information content (AvgIpc) is 3.46. The molecule has 1 amide bonds. The lowest BCUT2D eigenvalue weighted by molar-refractivity contribution is -0.117. The molecule has 5 nitrogen and oxygen atoms in total. The normalized spacial score (nSPS) is 19.2. The van der Waals surface area contributed by atoms with E-state index in [2.05, 4.69) is 4.90 Å². The van der Waals surface area contributed by atoms with E-state index in [1.54, 1.807) is 19.1 Å². The topological polar surface area (TPSA) is 60.9 Å². The number of fused-ring (bicyclic) bond motifs is 1. The first kappa shape index (κ1) is 16.6. The number of rotatable bonds is 4. The van der Waals surface area contributed by atoms with Crippen molar-refractivity contribution in [1.29, 1.82) is 0 Å². The molecule has 0 radical (unpaired) electrons. The third-order valence-corrected chi connectivity index (χ3v) is 5.34. The van der Waals surface area contributed by atoms with Crippen molar-refractivity contribution in [2.75, 3.05) is 16.3 Å². The molecule has 5 heteroatoms. The highest BCUT2D eigenvalue weighted by Gasteiger charge is 2.42. The number of carboxylic acids is 1. The molecule has 1 aliphatic carbocycles. The minimum Gasteiger partial charge on any atom is -0.478 e. The molecule has 1 N–H and O–H groups in total. The highest BCUT2D eigenvalue weighted by molar-refractivity contribution is 5.97. The standard InChI is InChI=1S/C21H22N2O3/c1-14(24)23-19-9-5-4-8-18(19)22(13-20(23)15-10-11-15)12-16-6-2-3-7-17(16)21(25)26/h2-9,15,20H,10-13H2,1H3,(H,25,26)/t20-/m1/s1. The number of carbonyl (C=O) groups is 2. The lowest BCUT2D eigenvalue weighted by Crippen LogP contribution is -2.52. The van der Waals surface area contributed by atoms with E-state index in [-0.39, 0.29) is 11.9 Å². The van der Waals surface area contributed by atoms with Crippen molar-refractivity contribution in [2.45, 2.75) is 32.4 Å². The van der Waals surface area contributed by atoms with Gasteiger partial charge >= 0.3 is 5.97 Å². The Bertz CT molecular complexity index is 860. The Kier molecular flexibility index (Phi) is 4.15. The molecule has 0 bridgehead atoms. The van der Waals surface area contributed by atoms with E-state index in [1.165, 1.54) is 0 Å². The summed E-state index contributed by atoms with van der Waals surface area (Å²) in [6.07, 6.45) is 2.30. The molecule has 2 aromatic rings. The highest BCUT2D eigenvalue weighted by atomic mass is 16.4. The summed E-state index contributed by atoms with van der Waals surface area (Å²) in [5.74, 6) is -0.306. The summed E-state index contributed by atoms with van der Waals surface area (Å²) in [4.78, 5) is 28.1. The van der Waals surface area contributed by atoms with Gasteiger partial charge in [-0.3, -0.25) is 4.79 Å². The Balaban J connectivity index is 1.73. The average molecular weight is 350 g/mol. The van der Waals surface area contributed by atoms with E-state index in [0.717, 1.165) is 36.3 Å². The Labute approximate surface area is 152 Å². The Morgan fingerprint density at radius 3 is 2.35 bits per heavy atom. The second-order valence-electron chi connectivity index (χ2n) is 7.13. The van der Waals surface area contributed by atoms with Gasteiger partial charge in [-0.15, -0.1) is 0 Å². The van der Waals surface area contributed by atoms with Gasteiger partial charge < -0.3 is 14.9 Å². The zero-order valence-corrected chi connectivity index (χ0v) is 14.8. The van der Waals surface area contributed by atoms with E-state index in [9.17, 15) is 14.7 Å². The molecule has 0 spiro atoms. The number of amides is 1. The monoisotopic (exact) mass is 350 g/mol. The van der Waals surface area contributed by atoms with Gasteiger partial charge in [-0.1, -0.05) is 30.3 Å². The maximum atomic E-state index is 12.3. The van der Waals surface area contributed by atoms with Crippen LogP contribution < -0.4 is 9.80 Å². The van der Waals surface area contributed by atoms with Gasteiger partial charge in [0.05, 0.1) is 23.0 Å². The van der Waals surface area contributed by atoms with Crippen molar-refractivity contribution in [2.24, 2.45) is 5.92 Å². The molecule has 4 rings (SSSR count). The van der Waals surface area contributed by atoms with Gasteiger partial charge in [0.1, 0.15) is 0 Å². The fourth-order valence-electron chi connectivity index (χ4n) is 3.99. The smallest absolute Gasteiger partial charge is 0.336 e. The number of carbonyl (C=O) groups excluding carboxylic acids is 1. The van der Waals surface area contributed by atoms with Crippen LogP contribution in [0.3, 0.4) is 0 Å². The maximum Gasteiger partial charge on any atom is 0.336 e. The van der Waals surface area contributed by atoms with Gasteiger partial charge in [0.15, 0.2) is 0 Å². The number of hydrogen-bond acceptors (Lipinski definition) is 3. The number of benzene rings is 2. The molecule has 1 atom stereocenters. The predicted octanol–water partition coefficient (Wildman–Crippen LogP) is 3.54. The molecule has 2 aliphatic rings. The first-order chi connectivity index (χ1) is 12.6. The number of hydrogen-bond donors (Lipinski definition) is 1. The minimum absolute atomic E-state index is 0.0694. The number of carboxylic acid groups (broad SMARTS) is 1. The lowest BCUT2D eigenvalue weighted by Gasteiger charge is -2.43. The van der Waals surface area contributed by atoms with E-state index in [0.29, 0.717) is 18.0 Å². The first-order valence-electron chi connectivity index (χ1n) is 9.01. The van der Waals surface area contributed by atoms with Crippen LogP contribution in [0.2, 0.25) is 0 Å². The van der Waals surface area contributed by atoms with Crippen molar-refractivity contribution in [3.05, 3.63) is 59.7 Å². The minimum atomic E-state index is -0.907. The summed E-state index contributed by atoms with van der Waals surface area (Å²) in [6, 6.07) is 15.2. The Hall–Kier alpha value is -2.82. The summed E-state index contributed by atoms with van der Waals surface area (Å²) in [7, 11) is 0. The molecule has 2 aromatic carbocycles. The largest absolute Gasteiger partial charge is 0.478 e. The van der Waals surface area contributed by atoms with Crippen molar-refractivity contribution in [1.82, 2.24) is 0 Å². The van der Waals surface area contributed by atoms with Crippen molar-refractivity contribution in [3.8, 4) is 0 Å². The quantitative estimate of drug-likeness (QED) is 0.916. The number of para-hydroxylation sites is 2. The van der Waals surface area contributed by atoms with Gasteiger partial charge in [-0.25, -0.2) is 4.79 Å². The van der Waals surface area contributed by atoms with Crippen LogP contribution in [0.4, 0.5) is 11.4 Å². The van der Waals surface area contributed by atoms with Gasteiger partial charge in [0.2, 0.25) is 5.91 Å². The second kappa shape index (κ2) is 6.48. The molecule has 1 aliphatic heterocycles. The van der Waals surface area contributed by atoms with Crippen LogP contribution in [0.15, 0.2) is 48.5 Å². The van der Waals surface area contributed by atoms with Gasteiger partial charge in [0, 0.05) is 20.0 Å². The van der Waals surface area contributed by atoms with E-state index in [4.69, 9.17) is 0 Å². The molecular weight excluding hydrogens is 328 g/mol. The zero-order valence-electron chi connectivity index (χ0n) is 14.8. The van der Waals surface area contributed by atoms with E-state index in [1.807, 2.05) is 41.3 Å². The molecular formula is C21H22N2O3. The number of anilines is 2. The Morgan fingerprint density at radius 2 is 1.69 bits per heavy atom. The maximum absolute atomic E-state index is 12.3. The first-order valence-corrected chi connectivity index (χ1v) is 9.01. The van der Waals surface area contributed by atoms with Gasteiger partial charge in [0.25, 0.3) is 0 Å². The SMILES string of the molecule is CC(=O)N1c2ccccc2N(Cc2ccccc2C(=O)O)C[C@@H]1C1CC1. The summed E-state index contributed by atoms with van der Waals surface area (Å²) in [6.45, 7) is 2.88. The number of nitrogens with zero attached hydrogens (tertiary/aromatic N) is 2. The predicted molar refractivity (Wildman–Crippen MR) is 101 cm³/mol. The molecule has 1 heterocycles.